The van der Waals surface area contributed by atoms with Gasteiger partial charge >= 0.3 is 5.97 Å². The quantitative estimate of drug-likeness (QED) is 0.821. The number of amides is 1. The molecule has 1 fully saturated rings. The number of nitrogens with zero attached hydrogens (tertiary/aromatic N) is 1. The van der Waals surface area contributed by atoms with Crippen molar-refractivity contribution in [3.63, 3.8) is 0 Å². The minimum absolute atomic E-state index is 0.300. The van der Waals surface area contributed by atoms with E-state index in [1.807, 2.05) is 17.0 Å². The monoisotopic (exact) mass is 248 g/mol. The zero-order valence-corrected chi connectivity index (χ0v) is 10.0. The Balaban J connectivity index is 2.07. The Morgan fingerprint density at radius 3 is 2.72 bits per heavy atom. The number of carboxylic acid groups (broad SMARTS) is 1. The van der Waals surface area contributed by atoms with E-state index < -0.39 is 11.9 Å². The molecule has 1 amide bonds. The van der Waals surface area contributed by atoms with Gasteiger partial charge in [0.25, 0.3) is 0 Å². The smallest absolute Gasteiger partial charge is 0.307 e. The van der Waals surface area contributed by atoms with Crippen LogP contribution in [0.3, 0.4) is 0 Å². The second-order valence-corrected chi connectivity index (χ2v) is 4.58. The Labute approximate surface area is 105 Å². The normalized spacial score (nSPS) is 19.9. The summed E-state index contributed by atoms with van der Waals surface area (Å²) >= 11 is 0. The number of benzene rings is 1. The average molecular weight is 248 g/mol. The second-order valence-electron chi connectivity index (χ2n) is 4.58. The number of aliphatic carboxylic acids is 1. The predicted octanol–water partition coefficient (Wildman–Crippen LogP) is 0.692. The van der Waals surface area contributed by atoms with Crippen LogP contribution < -0.4 is 5.73 Å². The summed E-state index contributed by atoms with van der Waals surface area (Å²) in [6.07, 6.45) is 0.661. The molecule has 0 aliphatic carbocycles. The van der Waals surface area contributed by atoms with Crippen molar-refractivity contribution < 1.29 is 14.7 Å². The third-order valence-electron chi connectivity index (χ3n) is 3.30. The molecule has 0 spiro atoms. The van der Waals surface area contributed by atoms with Crippen LogP contribution in [0, 0.1) is 5.92 Å². The first kappa shape index (κ1) is 12.6. The van der Waals surface area contributed by atoms with E-state index >= 15 is 0 Å². The lowest BCUT2D eigenvalue weighted by Crippen LogP contribution is -2.24. The Morgan fingerprint density at radius 1 is 1.39 bits per heavy atom. The molecule has 5 heteroatoms. The molecule has 18 heavy (non-hydrogen) atoms. The average Bonchev–Trinajstić information content (AvgIpc) is 2.78. The first-order valence-corrected chi connectivity index (χ1v) is 5.91. The highest BCUT2D eigenvalue weighted by Crippen LogP contribution is 2.20. The van der Waals surface area contributed by atoms with Crippen LogP contribution in [0.25, 0.3) is 0 Å². The number of primary amides is 1. The molecule has 0 aromatic heterocycles. The first-order valence-electron chi connectivity index (χ1n) is 5.91. The molecule has 96 valence electrons. The van der Waals surface area contributed by atoms with Crippen molar-refractivity contribution in [3.05, 3.63) is 35.4 Å². The highest BCUT2D eigenvalue weighted by atomic mass is 16.4. The van der Waals surface area contributed by atoms with E-state index in [0.717, 1.165) is 12.1 Å². The SMILES string of the molecule is NC(=O)c1ccccc1CN1CCC(C(=O)O)C1. The summed E-state index contributed by atoms with van der Waals surface area (Å²) < 4.78 is 0. The molecule has 2 rings (SSSR count). The summed E-state index contributed by atoms with van der Waals surface area (Å²) in [5, 5.41) is 8.94. The van der Waals surface area contributed by atoms with Gasteiger partial charge in [0.2, 0.25) is 5.91 Å². The summed E-state index contributed by atoms with van der Waals surface area (Å²) in [6, 6.07) is 7.18. The van der Waals surface area contributed by atoms with Gasteiger partial charge in [-0.25, -0.2) is 0 Å². The molecule has 3 N–H and O–H groups in total. The van der Waals surface area contributed by atoms with E-state index in [1.165, 1.54) is 0 Å². The van der Waals surface area contributed by atoms with Gasteiger partial charge in [-0.1, -0.05) is 18.2 Å². The van der Waals surface area contributed by atoms with Gasteiger partial charge < -0.3 is 10.8 Å². The first-order chi connectivity index (χ1) is 8.58. The number of carbonyl (C=O) groups excluding carboxylic acids is 1. The number of likely N-dealkylation sites (tertiary alicyclic amines) is 1. The van der Waals surface area contributed by atoms with E-state index in [1.54, 1.807) is 12.1 Å². The lowest BCUT2D eigenvalue weighted by atomic mass is 10.1. The molecule has 1 aromatic carbocycles. The van der Waals surface area contributed by atoms with Gasteiger partial charge in [-0.05, 0) is 24.6 Å². The molecule has 1 heterocycles. The second kappa shape index (κ2) is 5.18. The molecule has 1 aliphatic heterocycles. The molecule has 1 unspecified atom stereocenters. The van der Waals surface area contributed by atoms with E-state index in [0.29, 0.717) is 25.1 Å². The summed E-state index contributed by atoms with van der Waals surface area (Å²) in [6.45, 7) is 1.84. The molecule has 1 atom stereocenters. The highest BCUT2D eigenvalue weighted by Gasteiger charge is 2.28. The van der Waals surface area contributed by atoms with Crippen molar-refractivity contribution >= 4 is 11.9 Å². The number of carboxylic acids is 1. The molecule has 1 aliphatic rings. The van der Waals surface area contributed by atoms with E-state index in [2.05, 4.69) is 0 Å². The third-order valence-corrected chi connectivity index (χ3v) is 3.30. The van der Waals surface area contributed by atoms with Gasteiger partial charge in [0, 0.05) is 18.7 Å². The van der Waals surface area contributed by atoms with Crippen LogP contribution in [0.15, 0.2) is 24.3 Å². The Kier molecular flexibility index (Phi) is 3.62. The van der Waals surface area contributed by atoms with Crippen molar-refractivity contribution in [3.8, 4) is 0 Å². The number of rotatable bonds is 4. The Bertz CT molecular complexity index is 473. The number of hydrogen-bond acceptors (Lipinski definition) is 3. The number of carbonyl (C=O) groups is 2. The summed E-state index contributed by atoms with van der Waals surface area (Å²) in [7, 11) is 0. The molecule has 1 saturated heterocycles. The molecule has 0 radical (unpaired) electrons. The van der Waals surface area contributed by atoms with Gasteiger partial charge in [-0.2, -0.15) is 0 Å². The van der Waals surface area contributed by atoms with Crippen LogP contribution in [0.5, 0.6) is 0 Å². The van der Waals surface area contributed by atoms with Gasteiger partial charge in [0.1, 0.15) is 0 Å². The van der Waals surface area contributed by atoms with Gasteiger partial charge in [0.15, 0.2) is 0 Å². The van der Waals surface area contributed by atoms with Crippen molar-refractivity contribution in [1.82, 2.24) is 4.90 Å². The fourth-order valence-corrected chi connectivity index (χ4v) is 2.32. The predicted molar refractivity (Wildman–Crippen MR) is 66.0 cm³/mol. The lowest BCUT2D eigenvalue weighted by molar-refractivity contribution is -0.141. The largest absolute Gasteiger partial charge is 0.481 e. The maximum absolute atomic E-state index is 11.3. The van der Waals surface area contributed by atoms with Gasteiger partial charge in [-0.3, -0.25) is 14.5 Å². The summed E-state index contributed by atoms with van der Waals surface area (Å²) in [4.78, 5) is 24.2. The zero-order valence-electron chi connectivity index (χ0n) is 10.0. The minimum Gasteiger partial charge on any atom is -0.481 e. The number of hydrogen-bond donors (Lipinski definition) is 2. The number of nitrogens with two attached hydrogens (primary N) is 1. The van der Waals surface area contributed by atoms with Crippen LogP contribution >= 0.6 is 0 Å². The summed E-state index contributed by atoms with van der Waals surface area (Å²) in [5.74, 6) is -1.49. The van der Waals surface area contributed by atoms with Crippen molar-refractivity contribution in [2.24, 2.45) is 11.7 Å². The molecule has 5 nitrogen and oxygen atoms in total. The van der Waals surface area contributed by atoms with E-state index in [4.69, 9.17) is 10.8 Å². The van der Waals surface area contributed by atoms with Crippen LogP contribution in [-0.2, 0) is 11.3 Å². The Morgan fingerprint density at radius 2 is 2.11 bits per heavy atom. The van der Waals surface area contributed by atoms with Gasteiger partial charge in [-0.15, -0.1) is 0 Å². The van der Waals surface area contributed by atoms with E-state index in [-0.39, 0.29) is 5.92 Å². The summed E-state index contributed by atoms with van der Waals surface area (Å²) in [5.41, 5.74) is 6.68. The van der Waals surface area contributed by atoms with Crippen LogP contribution in [0.1, 0.15) is 22.3 Å². The van der Waals surface area contributed by atoms with Crippen LogP contribution in [0.4, 0.5) is 0 Å². The topological polar surface area (TPSA) is 83.6 Å². The maximum atomic E-state index is 11.3. The highest BCUT2D eigenvalue weighted by molar-refractivity contribution is 5.94. The van der Waals surface area contributed by atoms with Gasteiger partial charge in [0.05, 0.1) is 5.92 Å². The third kappa shape index (κ3) is 2.68. The molecular weight excluding hydrogens is 232 g/mol. The Hall–Kier alpha value is -1.88. The fraction of sp³-hybridized carbons (Fsp3) is 0.385. The minimum atomic E-state index is -0.749. The maximum Gasteiger partial charge on any atom is 0.307 e. The fourth-order valence-electron chi connectivity index (χ4n) is 2.32. The molecule has 1 aromatic rings. The van der Waals surface area contributed by atoms with Crippen molar-refractivity contribution in [1.29, 1.82) is 0 Å². The van der Waals surface area contributed by atoms with E-state index in [9.17, 15) is 9.59 Å². The standard InChI is InChI=1S/C13H16N2O3/c14-12(16)11-4-2-1-3-9(11)7-15-6-5-10(8-15)13(17)18/h1-4,10H,5-8H2,(H2,14,16)(H,17,18). The van der Waals surface area contributed by atoms with Crippen LogP contribution in [0.2, 0.25) is 0 Å². The van der Waals surface area contributed by atoms with Crippen molar-refractivity contribution in [2.45, 2.75) is 13.0 Å². The van der Waals surface area contributed by atoms with Crippen molar-refractivity contribution in [2.75, 3.05) is 13.1 Å². The van der Waals surface area contributed by atoms with Crippen LogP contribution in [-0.4, -0.2) is 35.0 Å². The molecule has 0 saturated carbocycles. The molecule has 0 bridgehead atoms. The molecular formula is C13H16N2O3. The zero-order chi connectivity index (χ0) is 13.1. The lowest BCUT2D eigenvalue weighted by Gasteiger charge is -2.16.